The quantitative estimate of drug-likeness (QED) is 0.356. The summed E-state index contributed by atoms with van der Waals surface area (Å²) in [5.74, 6) is -3.27. The number of esters is 1. The van der Waals surface area contributed by atoms with Crippen LogP contribution < -0.4 is 0 Å². The highest BCUT2D eigenvalue weighted by atomic mass is 35.5. The first kappa shape index (κ1) is 24.5. The molecule has 0 bridgehead atoms. The molecule has 1 aromatic heterocycles. The number of rotatable bonds is 6. The number of aromatic nitrogens is 2. The second kappa shape index (κ2) is 10.3. The standard InChI is InChI=1S/C25H23Cl2F2N3O2/c1-2-34-24(33)23-20(15-32-13-11-25(28,29)12-14-32)30-21(16-3-7-18(26)8-4-16)22(31-23)17-5-9-19(27)10-6-17/h3-10H,2,11-15H2,1H3. The molecule has 4 rings (SSSR count). The summed E-state index contributed by atoms with van der Waals surface area (Å²) >= 11 is 12.1. The summed E-state index contributed by atoms with van der Waals surface area (Å²) in [6, 6.07) is 14.2. The molecule has 2 heterocycles. The van der Waals surface area contributed by atoms with E-state index in [2.05, 4.69) is 0 Å². The van der Waals surface area contributed by atoms with E-state index in [4.69, 9.17) is 37.9 Å². The van der Waals surface area contributed by atoms with E-state index in [1.54, 1.807) is 43.3 Å². The van der Waals surface area contributed by atoms with Crippen molar-refractivity contribution in [2.45, 2.75) is 32.2 Å². The number of benzene rings is 2. The molecule has 0 unspecified atom stereocenters. The average molecular weight is 506 g/mol. The first-order chi connectivity index (χ1) is 16.3. The van der Waals surface area contributed by atoms with E-state index < -0.39 is 11.9 Å². The Kier molecular flexibility index (Phi) is 7.45. The van der Waals surface area contributed by atoms with Crippen LogP contribution in [-0.4, -0.2) is 46.5 Å². The molecule has 5 nitrogen and oxygen atoms in total. The summed E-state index contributed by atoms with van der Waals surface area (Å²) in [5, 5.41) is 1.14. The third-order valence-corrected chi connectivity index (χ3v) is 6.14. The minimum atomic E-state index is -2.67. The van der Waals surface area contributed by atoms with Crippen LogP contribution in [0.2, 0.25) is 10.0 Å². The van der Waals surface area contributed by atoms with E-state index in [9.17, 15) is 13.6 Å². The predicted octanol–water partition coefficient (Wildman–Crippen LogP) is 6.53. The van der Waals surface area contributed by atoms with Gasteiger partial charge >= 0.3 is 5.97 Å². The fraction of sp³-hybridized carbons (Fsp3) is 0.320. The van der Waals surface area contributed by atoms with Gasteiger partial charge in [-0.15, -0.1) is 0 Å². The van der Waals surface area contributed by atoms with Gasteiger partial charge in [-0.2, -0.15) is 0 Å². The Morgan fingerprint density at radius 1 is 0.941 bits per heavy atom. The Labute approximate surface area is 206 Å². The highest BCUT2D eigenvalue weighted by molar-refractivity contribution is 6.31. The number of likely N-dealkylation sites (tertiary alicyclic amines) is 1. The lowest BCUT2D eigenvalue weighted by Gasteiger charge is -2.31. The second-order valence-corrected chi connectivity index (χ2v) is 8.96. The van der Waals surface area contributed by atoms with Crippen molar-refractivity contribution in [2.24, 2.45) is 0 Å². The smallest absolute Gasteiger partial charge is 0.358 e. The van der Waals surface area contributed by atoms with Gasteiger partial charge in [-0.3, -0.25) is 4.90 Å². The molecule has 1 fully saturated rings. The first-order valence-electron chi connectivity index (χ1n) is 11.0. The summed E-state index contributed by atoms with van der Waals surface area (Å²) in [6.07, 6.45) is -0.468. The van der Waals surface area contributed by atoms with Crippen LogP contribution in [0.25, 0.3) is 22.5 Å². The first-order valence-corrected chi connectivity index (χ1v) is 11.7. The predicted molar refractivity (Wildman–Crippen MR) is 128 cm³/mol. The summed E-state index contributed by atoms with van der Waals surface area (Å²) in [7, 11) is 0. The van der Waals surface area contributed by atoms with Crippen molar-refractivity contribution in [2.75, 3.05) is 19.7 Å². The molecule has 0 aliphatic carbocycles. The number of hydrogen-bond donors (Lipinski definition) is 0. The maximum atomic E-state index is 13.7. The van der Waals surface area contributed by atoms with Crippen LogP contribution >= 0.6 is 23.2 Å². The fourth-order valence-electron chi connectivity index (χ4n) is 3.81. The van der Waals surface area contributed by atoms with E-state index in [0.29, 0.717) is 27.1 Å². The Morgan fingerprint density at radius 3 is 1.94 bits per heavy atom. The maximum absolute atomic E-state index is 13.7. The number of hydrogen-bond acceptors (Lipinski definition) is 5. The second-order valence-electron chi connectivity index (χ2n) is 8.08. The van der Waals surface area contributed by atoms with E-state index in [1.807, 2.05) is 17.0 Å². The van der Waals surface area contributed by atoms with Gasteiger partial charge in [0.05, 0.1) is 23.7 Å². The van der Waals surface area contributed by atoms with Gasteiger partial charge in [-0.1, -0.05) is 47.5 Å². The monoisotopic (exact) mass is 505 g/mol. The van der Waals surface area contributed by atoms with Gasteiger partial charge in [-0.05, 0) is 31.2 Å². The molecular formula is C25H23Cl2F2N3O2. The fourth-order valence-corrected chi connectivity index (χ4v) is 4.06. The number of carbonyl (C=O) groups excluding carboxylic acids is 1. The highest BCUT2D eigenvalue weighted by Gasteiger charge is 2.34. The lowest BCUT2D eigenvalue weighted by atomic mass is 10.0. The number of alkyl halides is 2. The molecule has 0 amide bonds. The molecule has 0 N–H and O–H groups in total. The molecule has 1 aliphatic heterocycles. The molecule has 0 radical (unpaired) electrons. The lowest BCUT2D eigenvalue weighted by molar-refractivity contribution is -0.0569. The molecule has 9 heteroatoms. The van der Waals surface area contributed by atoms with E-state index in [-0.39, 0.29) is 44.8 Å². The molecule has 3 aromatic rings. The topological polar surface area (TPSA) is 55.3 Å². The van der Waals surface area contributed by atoms with Crippen LogP contribution in [-0.2, 0) is 11.3 Å². The SMILES string of the molecule is CCOC(=O)c1nc(-c2ccc(Cl)cc2)c(-c2ccc(Cl)cc2)nc1CN1CCC(F)(F)CC1. The number of piperidine rings is 1. The van der Waals surface area contributed by atoms with Crippen LogP contribution in [0.5, 0.6) is 0 Å². The van der Waals surface area contributed by atoms with Gasteiger partial charge in [0.1, 0.15) is 0 Å². The van der Waals surface area contributed by atoms with Crippen molar-refractivity contribution in [1.82, 2.24) is 14.9 Å². The van der Waals surface area contributed by atoms with Crippen molar-refractivity contribution in [1.29, 1.82) is 0 Å². The average Bonchev–Trinajstić information content (AvgIpc) is 2.81. The zero-order valence-electron chi connectivity index (χ0n) is 18.5. The number of carbonyl (C=O) groups is 1. The molecular weight excluding hydrogens is 483 g/mol. The third kappa shape index (κ3) is 5.71. The van der Waals surface area contributed by atoms with Gasteiger partial charge in [0.2, 0.25) is 0 Å². The molecule has 0 atom stereocenters. The van der Waals surface area contributed by atoms with E-state index in [1.165, 1.54) is 0 Å². The maximum Gasteiger partial charge on any atom is 0.358 e. The van der Waals surface area contributed by atoms with E-state index >= 15 is 0 Å². The van der Waals surface area contributed by atoms with Gasteiger partial charge in [0.15, 0.2) is 5.69 Å². The Balaban J connectivity index is 1.83. The Bertz CT molecular complexity index is 1160. The summed E-state index contributed by atoms with van der Waals surface area (Å²) in [5.41, 5.74) is 2.95. The highest BCUT2D eigenvalue weighted by Crippen LogP contribution is 2.33. The zero-order valence-corrected chi connectivity index (χ0v) is 20.0. The van der Waals surface area contributed by atoms with Crippen molar-refractivity contribution in [3.63, 3.8) is 0 Å². The van der Waals surface area contributed by atoms with Gasteiger partial charge in [0, 0.05) is 53.6 Å². The van der Waals surface area contributed by atoms with Gasteiger partial charge < -0.3 is 4.74 Å². The number of ether oxygens (including phenoxy) is 1. The molecule has 1 saturated heterocycles. The van der Waals surface area contributed by atoms with E-state index in [0.717, 1.165) is 11.1 Å². The Hall–Kier alpha value is -2.61. The van der Waals surface area contributed by atoms with Crippen molar-refractivity contribution >= 4 is 29.2 Å². The minimum absolute atomic E-state index is 0.0712. The molecule has 0 saturated carbocycles. The van der Waals surface area contributed by atoms with Crippen LogP contribution in [0.15, 0.2) is 48.5 Å². The minimum Gasteiger partial charge on any atom is -0.461 e. The molecule has 34 heavy (non-hydrogen) atoms. The molecule has 0 spiro atoms. The normalized spacial score (nSPS) is 15.8. The summed E-state index contributed by atoms with van der Waals surface area (Å²) in [6.45, 7) is 2.49. The van der Waals surface area contributed by atoms with Crippen molar-refractivity contribution < 1.29 is 18.3 Å². The van der Waals surface area contributed by atoms with Crippen LogP contribution in [0, 0.1) is 0 Å². The number of nitrogens with zero attached hydrogens (tertiary/aromatic N) is 3. The third-order valence-electron chi connectivity index (χ3n) is 5.63. The molecule has 178 valence electrons. The van der Waals surface area contributed by atoms with Crippen molar-refractivity contribution in [3.8, 4) is 22.5 Å². The molecule has 2 aromatic carbocycles. The summed E-state index contributed by atoms with van der Waals surface area (Å²) in [4.78, 5) is 24.2. The summed E-state index contributed by atoms with van der Waals surface area (Å²) < 4.78 is 32.6. The lowest BCUT2D eigenvalue weighted by Crippen LogP contribution is -2.39. The van der Waals surface area contributed by atoms with Gasteiger partial charge in [0.25, 0.3) is 5.92 Å². The Morgan fingerprint density at radius 2 is 1.44 bits per heavy atom. The van der Waals surface area contributed by atoms with Crippen molar-refractivity contribution in [3.05, 3.63) is 70.0 Å². The van der Waals surface area contributed by atoms with Gasteiger partial charge in [-0.25, -0.2) is 23.5 Å². The van der Waals surface area contributed by atoms with Crippen LogP contribution in [0.1, 0.15) is 35.9 Å². The number of halogens is 4. The zero-order chi connectivity index (χ0) is 24.3. The largest absolute Gasteiger partial charge is 0.461 e. The van der Waals surface area contributed by atoms with Crippen LogP contribution in [0.3, 0.4) is 0 Å². The molecule has 1 aliphatic rings. The van der Waals surface area contributed by atoms with Crippen LogP contribution in [0.4, 0.5) is 8.78 Å².